The maximum Gasteiger partial charge on any atom is 0.410 e. The summed E-state index contributed by atoms with van der Waals surface area (Å²) in [5, 5.41) is 3.45. The standard InChI is InChI=1S/C16H32N2O3/c1-13(12-20-5)17-9-8-14-7-6-10-18(11-14)15(19)21-16(2,3)4/h13-14,17H,6-12H2,1-5H3. The molecule has 0 aromatic carbocycles. The van der Waals surface area contributed by atoms with Gasteiger partial charge in [0, 0.05) is 26.2 Å². The minimum absolute atomic E-state index is 0.173. The topological polar surface area (TPSA) is 50.8 Å². The summed E-state index contributed by atoms with van der Waals surface area (Å²) in [6.45, 7) is 11.2. The molecule has 0 radical (unpaired) electrons. The van der Waals surface area contributed by atoms with Gasteiger partial charge in [0.2, 0.25) is 0 Å². The van der Waals surface area contributed by atoms with E-state index in [0.717, 1.165) is 39.1 Å². The average molecular weight is 300 g/mol. The number of carbonyl (C=O) groups excluding carboxylic acids is 1. The molecule has 1 aliphatic rings. The van der Waals surface area contributed by atoms with Crippen LogP contribution in [0.25, 0.3) is 0 Å². The van der Waals surface area contributed by atoms with Crippen molar-refractivity contribution in [3.63, 3.8) is 0 Å². The van der Waals surface area contributed by atoms with Crippen molar-refractivity contribution in [1.82, 2.24) is 10.2 Å². The zero-order valence-corrected chi connectivity index (χ0v) is 14.3. The smallest absolute Gasteiger partial charge is 0.410 e. The van der Waals surface area contributed by atoms with Crippen LogP contribution in [0, 0.1) is 5.92 Å². The molecule has 1 heterocycles. The molecule has 0 aromatic heterocycles. The summed E-state index contributed by atoms with van der Waals surface area (Å²) in [6.07, 6.45) is 3.18. The van der Waals surface area contributed by atoms with Gasteiger partial charge in [0.25, 0.3) is 0 Å². The normalized spacial score (nSPS) is 21.2. The van der Waals surface area contributed by atoms with E-state index in [-0.39, 0.29) is 6.09 Å². The zero-order chi connectivity index (χ0) is 15.9. The lowest BCUT2D eigenvalue weighted by Crippen LogP contribution is -2.43. The van der Waals surface area contributed by atoms with E-state index >= 15 is 0 Å². The van der Waals surface area contributed by atoms with Crippen molar-refractivity contribution in [3.05, 3.63) is 0 Å². The van der Waals surface area contributed by atoms with Gasteiger partial charge in [-0.15, -0.1) is 0 Å². The molecule has 1 fully saturated rings. The van der Waals surface area contributed by atoms with Crippen molar-refractivity contribution in [1.29, 1.82) is 0 Å². The molecule has 1 amide bonds. The lowest BCUT2D eigenvalue weighted by Gasteiger charge is -2.34. The van der Waals surface area contributed by atoms with E-state index in [1.807, 2.05) is 25.7 Å². The molecule has 2 unspecified atom stereocenters. The van der Waals surface area contributed by atoms with E-state index in [0.29, 0.717) is 12.0 Å². The molecule has 1 rings (SSSR count). The van der Waals surface area contributed by atoms with Gasteiger partial charge in [-0.05, 0) is 59.4 Å². The van der Waals surface area contributed by atoms with Crippen LogP contribution in [0.3, 0.4) is 0 Å². The van der Waals surface area contributed by atoms with Gasteiger partial charge >= 0.3 is 6.09 Å². The third kappa shape index (κ3) is 7.67. The van der Waals surface area contributed by atoms with Crippen molar-refractivity contribution in [2.24, 2.45) is 5.92 Å². The van der Waals surface area contributed by atoms with Gasteiger partial charge in [-0.3, -0.25) is 0 Å². The summed E-state index contributed by atoms with van der Waals surface area (Å²) in [4.78, 5) is 14.0. The average Bonchev–Trinajstić information content (AvgIpc) is 2.37. The van der Waals surface area contributed by atoms with Gasteiger partial charge in [-0.2, -0.15) is 0 Å². The number of likely N-dealkylation sites (tertiary alicyclic amines) is 1. The van der Waals surface area contributed by atoms with Crippen LogP contribution < -0.4 is 5.32 Å². The third-order valence-corrected chi connectivity index (χ3v) is 3.63. The van der Waals surface area contributed by atoms with Gasteiger partial charge in [0.15, 0.2) is 0 Å². The Hall–Kier alpha value is -0.810. The Labute approximate surface area is 129 Å². The summed E-state index contributed by atoms with van der Waals surface area (Å²) in [6, 6.07) is 0.376. The lowest BCUT2D eigenvalue weighted by molar-refractivity contribution is 0.0161. The monoisotopic (exact) mass is 300 g/mol. The predicted octanol–water partition coefficient (Wildman–Crippen LogP) is 2.65. The number of piperidine rings is 1. The molecule has 0 saturated carbocycles. The molecule has 124 valence electrons. The van der Waals surface area contributed by atoms with Crippen LogP contribution in [0.15, 0.2) is 0 Å². The highest BCUT2D eigenvalue weighted by Crippen LogP contribution is 2.21. The highest BCUT2D eigenvalue weighted by atomic mass is 16.6. The van der Waals surface area contributed by atoms with Gasteiger partial charge in [-0.1, -0.05) is 0 Å². The SMILES string of the molecule is COCC(C)NCCC1CCCN(C(=O)OC(C)(C)C)C1. The Morgan fingerprint density at radius 1 is 1.43 bits per heavy atom. The Morgan fingerprint density at radius 3 is 2.76 bits per heavy atom. The molecule has 21 heavy (non-hydrogen) atoms. The van der Waals surface area contributed by atoms with E-state index < -0.39 is 5.60 Å². The number of methoxy groups -OCH3 is 1. The Morgan fingerprint density at radius 2 is 2.14 bits per heavy atom. The van der Waals surface area contributed by atoms with E-state index in [1.54, 1.807) is 7.11 Å². The number of rotatable bonds is 6. The molecule has 0 aliphatic carbocycles. The Balaban J connectivity index is 2.30. The number of hydrogen-bond donors (Lipinski definition) is 1. The number of amides is 1. The molecule has 1 N–H and O–H groups in total. The maximum absolute atomic E-state index is 12.1. The van der Waals surface area contributed by atoms with Gasteiger partial charge in [0.1, 0.15) is 5.60 Å². The summed E-state index contributed by atoms with van der Waals surface area (Å²) >= 11 is 0. The molecule has 2 atom stereocenters. The van der Waals surface area contributed by atoms with Crippen LogP contribution in [0.5, 0.6) is 0 Å². The van der Waals surface area contributed by atoms with E-state index in [9.17, 15) is 4.79 Å². The molecule has 5 heteroatoms. The number of carbonyl (C=O) groups is 1. The summed E-state index contributed by atoms with van der Waals surface area (Å²) in [7, 11) is 1.72. The van der Waals surface area contributed by atoms with E-state index in [1.165, 1.54) is 6.42 Å². The van der Waals surface area contributed by atoms with Crippen molar-refractivity contribution in [3.8, 4) is 0 Å². The van der Waals surface area contributed by atoms with Crippen molar-refractivity contribution < 1.29 is 14.3 Å². The summed E-state index contributed by atoms with van der Waals surface area (Å²) in [5.41, 5.74) is -0.416. The molecular weight excluding hydrogens is 268 g/mol. The highest BCUT2D eigenvalue weighted by molar-refractivity contribution is 5.68. The van der Waals surface area contributed by atoms with Gasteiger partial charge < -0.3 is 19.7 Å². The summed E-state index contributed by atoms with van der Waals surface area (Å²) < 4.78 is 10.6. The fourth-order valence-electron chi connectivity index (χ4n) is 2.64. The third-order valence-electron chi connectivity index (χ3n) is 3.63. The second-order valence-electron chi connectivity index (χ2n) is 7.03. The van der Waals surface area contributed by atoms with Crippen molar-refractivity contribution in [2.45, 2.75) is 58.6 Å². The first-order valence-electron chi connectivity index (χ1n) is 8.02. The molecule has 0 bridgehead atoms. The van der Waals surface area contributed by atoms with Crippen molar-refractivity contribution in [2.75, 3.05) is 33.4 Å². The number of nitrogens with one attached hydrogen (secondary N) is 1. The predicted molar refractivity (Wildman–Crippen MR) is 84.5 cm³/mol. The molecule has 0 spiro atoms. The van der Waals surface area contributed by atoms with Crippen LogP contribution in [0.2, 0.25) is 0 Å². The minimum Gasteiger partial charge on any atom is -0.444 e. The zero-order valence-electron chi connectivity index (χ0n) is 14.3. The van der Waals surface area contributed by atoms with Crippen LogP contribution >= 0.6 is 0 Å². The summed E-state index contributed by atoms with van der Waals surface area (Å²) in [5.74, 6) is 0.563. The Bertz CT molecular complexity index is 315. The van der Waals surface area contributed by atoms with Crippen molar-refractivity contribution >= 4 is 6.09 Å². The number of hydrogen-bond acceptors (Lipinski definition) is 4. The highest BCUT2D eigenvalue weighted by Gasteiger charge is 2.27. The first-order chi connectivity index (χ1) is 9.81. The maximum atomic E-state index is 12.1. The molecular formula is C16H32N2O3. The molecule has 1 aliphatic heterocycles. The Kier molecular flexibility index (Phi) is 7.46. The van der Waals surface area contributed by atoms with Gasteiger partial charge in [0.05, 0.1) is 6.61 Å². The van der Waals surface area contributed by atoms with Crippen LogP contribution in [0.4, 0.5) is 4.79 Å². The molecule has 0 aromatic rings. The second kappa shape index (κ2) is 8.59. The van der Waals surface area contributed by atoms with Crippen LogP contribution in [0.1, 0.15) is 47.0 Å². The molecule has 1 saturated heterocycles. The minimum atomic E-state index is -0.416. The van der Waals surface area contributed by atoms with Crippen LogP contribution in [-0.2, 0) is 9.47 Å². The van der Waals surface area contributed by atoms with E-state index in [2.05, 4.69) is 12.2 Å². The lowest BCUT2D eigenvalue weighted by atomic mass is 9.95. The second-order valence-corrected chi connectivity index (χ2v) is 7.03. The first kappa shape index (κ1) is 18.2. The van der Waals surface area contributed by atoms with E-state index in [4.69, 9.17) is 9.47 Å². The first-order valence-corrected chi connectivity index (χ1v) is 8.02. The largest absolute Gasteiger partial charge is 0.444 e. The fraction of sp³-hybridized carbons (Fsp3) is 0.938. The van der Waals surface area contributed by atoms with Gasteiger partial charge in [-0.25, -0.2) is 4.79 Å². The number of ether oxygens (including phenoxy) is 2. The molecule has 5 nitrogen and oxygen atoms in total. The quantitative estimate of drug-likeness (QED) is 0.819. The van der Waals surface area contributed by atoms with Crippen LogP contribution in [-0.4, -0.2) is 56.0 Å². The number of nitrogens with zero attached hydrogens (tertiary/aromatic N) is 1. The fourth-order valence-corrected chi connectivity index (χ4v) is 2.64.